The van der Waals surface area contributed by atoms with Gasteiger partial charge in [0.2, 0.25) is 11.8 Å². The SMILES string of the molecule is CC(=O)NCCOC1CC(COc2nccc(-c3ccc(F)cc3)c2Cl)C1. The lowest BCUT2D eigenvalue weighted by Gasteiger charge is -2.34. The van der Waals surface area contributed by atoms with E-state index in [4.69, 9.17) is 21.1 Å². The fourth-order valence-corrected chi connectivity index (χ4v) is 3.25. The fraction of sp³-hybridized carbons (Fsp3) is 0.400. The highest BCUT2D eigenvalue weighted by Crippen LogP contribution is 2.35. The van der Waals surface area contributed by atoms with Crippen molar-refractivity contribution < 1.29 is 18.7 Å². The van der Waals surface area contributed by atoms with E-state index in [1.54, 1.807) is 24.4 Å². The summed E-state index contributed by atoms with van der Waals surface area (Å²) in [6.07, 6.45) is 3.67. The molecule has 0 atom stereocenters. The molecule has 0 aliphatic heterocycles. The maximum atomic E-state index is 13.1. The van der Waals surface area contributed by atoms with Crippen LogP contribution in [-0.2, 0) is 9.53 Å². The molecule has 1 heterocycles. The molecule has 1 fully saturated rings. The van der Waals surface area contributed by atoms with Gasteiger partial charge in [-0.05, 0) is 42.5 Å². The maximum Gasteiger partial charge on any atom is 0.233 e. The van der Waals surface area contributed by atoms with Crippen molar-refractivity contribution in [1.82, 2.24) is 10.3 Å². The first-order valence-corrected chi connectivity index (χ1v) is 9.30. The summed E-state index contributed by atoms with van der Waals surface area (Å²) in [4.78, 5) is 15.0. The van der Waals surface area contributed by atoms with Crippen molar-refractivity contribution in [3.63, 3.8) is 0 Å². The Kier molecular flexibility index (Phi) is 6.63. The molecule has 0 saturated heterocycles. The van der Waals surface area contributed by atoms with Gasteiger partial charge in [-0.1, -0.05) is 23.7 Å². The molecule has 1 aromatic heterocycles. The van der Waals surface area contributed by atoms with Crippen LogP contribution in [0.1, 0.15) is 19.8 Å². The van der Waals surface area contributed by atoms with Gasteiger partial charge >= 0.3 is 0 Å². The standard InChI is InChI=1S/C20H22ClFN2O3/c1-13(25)23-8-9-26-17-10-14(11-17)12-27-20-19(21)18(6-7-24-20)15-2-4-16(22)5-3-15/h2-7,14,17H,8-12H2,1H3,(H,23,25). The first-order valence-electron chi connectivity index (χ1n) is 8.92. The van der Waals surface area contributed by atoms with E-state index in [1.807, 2.05) is 0 Å². The molecule has 27 heavy (non-hydrogen) atoms. The lowest BCUT2D eigenvalue weighted by Crippen LogP contribution is -2.37. The molecule has 1 saturated carbocycles. The first kappa shape index (κ1) is 19.6. The van der Waals surface area contributed by atoms with Crippen molar-refractivity contribution >= 4 is 17.5 Å². The van der Waals surface area contributed by atoms with Crippen molar-refractivity contribution in [2.24, 2.45) is 5.92 Å². The molecule has 7 heteroatoms. The number of nitrogens with zero attached hydrogens (tertiary/aromatic N) is 1. The number of ether oxygens (including phenoxy) is 2. The van der Waals surface area contributed by atoms with Gasteiger partial charge < -0.3 is 14.8 Å². The Labute approximate surface area is 162 Å². The summed E-state index contributed by atoms with van der Waals surface area (Å²) in [5.74, 6) is 0.432. The van der Waals surface area contributed by atoms with Crippen molar-refractivity contribution in [3.8, 4) is 17.0 Å². The largest absolute Gasteiger partial charge is 0.476 e. The van der Waals surface area contributed by atoms with Crippen LogP contribution < -0.4 is 10.1 Å². The van der Waals surface area contributed by atoms with E-state index in [0.29, 0.717) is 36.6 Å². The van der Waals surface area contributed by atoms with E-state index in [9.17, 15) is 9.18 Å². The van der Waals surface area contributed by atoms with E-state index < -0.39 is 0 Å². The molecule has 1 amide bonds. The van der Waals surface area contributed by atoms with Crippen molar-refractivity contribution in [2.75, 3.05) is 19.8 Å². The third kappa shape index (κ3) is 5.40. The van der Waals surface area contributed by atoms with E-state index in [0.717, 1.165) is 24.0 Å². The van der Waals surface area contributed by atoms with Crippen LogP contribution in [0.3, 0.4) is 0 Å². The van der Waals surface area contributed by atoms with Crippen LogP contribution in [-0.4, -0.2) is 36.8 Å². The van der Waals surface area contributed by atoms with Crippen LogP contribution in [0.15, 0.2) is 36.5 Å². The monoisotopic (exact) mass is 392 g/mol. The number of hydrogen-bond acceptors (Lipinski definition) is 4. The zero-order chi connectivity index (χ0) is 19.2. The van der Waals surface area contributed by atoms with Gasteiger partial charge in [0.1, 0.15) is 10.8 Å². The minimum Gasteiger partial charge on any atom is -0.476 e. The molecule has 1 aliphatic carbocycles. The second-order valence-electron chi connectivity index (χ2n) is 6.61. The zero-order valence-electron chi connectivity index (χ0n) is 15.1. The van der Waals surface area contributed by atoms with Gasteiger partial charge in [-0.2, -0.15) is 0 Å². The lowest BCUT2D eigenvalue weighted by atomic mass is 9.83. The summed E-state index contributed by atoms with van der Waals surface area (Å²) < 4.78 is 24.6. The average Bonchev–Trinajstić information content (AvgIpc) is 2.61. The van der Waals surface area contributed by atoms with Crippen LogP contribution in [0.5, 0.6) is 5.88 Å². The van der Waals surface area contributed by atoms with Crippen LogP contribution in [0.4, 0.5) is 4.39 Å². The van der Waals surface area contributed by atoms with Gasteiger partial charge in [-0.3, -0.25) is 4.79 Å². The normalized spacial score (nSPS) is 18.6. The number of halogens is 2. The van der Waals surface area contributed by atoms with E-state index >= 15 is 0 Å². The maximum absolute atomic E-state index is 13.1. The number of amides is 1. The second kappa shape index (κ2) is 9.15. The highest BCUT2D eigenvalue weighted by molar-refractivity contribution is 6.34. The Bertz CT molecular complexity index is 779. The molecular formula is C20H22ClFN2O3. The molecular weight excluding hydrogens is 371 g/mol. The molecule has 5 nitrogen and oxygen atoms in total. The number of benzene rings is 1. The Morgan fingerprint density at radius 3 is 2.74 bits per heavy atom. The number of pyridine rings is 1. The number of carbonyl (C=O) groups excluding carboxylic acids is 1. The Balaban J connectivity index is 1.46. The van der Waals surface area contributed by atoms with Gasteiger partial charge in [0.05, 0.1) is 19.3 Å². The highest BCUT2D eigenvalue weighted by atomic mass is 35.5. The average molecular weight is 393 g/mol. The minimum atomic E-state index is -0.292. The quantitative estimate of drug-likeness (QED) is 0.693. The van der Waals surface area contributed by atoms with Crippen LogP contribution in [0.2, 0.25) is 5.02 Å². The summed E-state index contributed by atoms with van der Waals surface area (Å²) in [6, 6.07) is 7.93. The van der Waals surface area contributed by atoms with Crippen molar-refractivity contribution in [3.05, 3.63) is 47.4 Å². The topological polar surface area (TPSA) is 60.5 Å². The molecule has 0 bridgehead atoms. The molecule has 1 N–H and O–H groups in total. The third-order valence-corrected chi connectivity index (χ3v) is 4.86. The molecule has 3 rings (SSSR count). The van der Waals surface area contributed by atoms with Gasteiger partial charge in [-0.25, -0.2) is 9.37 Å². The number of rotatable bonds is 8. The van der Waals surface area contributed by atoms with Gasteiger partial charge in [0, 0.05) is 25.2 Å². The summed E-state index contributed by atoms with van der Waals surface area (Å²) >= 11 is 6.43. The Morgan fingerprint density at radius 2 is 2.04 bits per heavy atom. The highest BCUT2D eigenvalue weighted by Gasteiger charge is 2.30. The summed E-state index contributed by atoms with van der Waals surface area (Å²) in [5, 5.41) is 3.13. The first-order chi connectivity index (χ1) is 13.0. The lowest BCUT2D eigenvalue weighted by molar-refractivity contribution is -0.119. The molecule has 1 aliphatic rings. The van der Waals surface area contributed by atoms with E-state index in [1.165, 1.54) is 19.1 Å². The molecule has 0 spiro atoms. The van der Waals surface area contributed by atoms with Crippen LogP contribution >= 0.6 is 11.6 Å². The van der Waals surface area contributed by atoms with Gasteiger partial charge in [0.25, 0.3) is 0 Å². The molecule has 0 radical (unpaired) electrons. The Hall–Kier alpha value is -2.18. The third-order valence-electron chi connectivity index (χ3n) is 4.49. The van der Waals surface area contributed by atoms with Gasteiger partial charge in [0.15, 0.2) is 0 Å². The minimum absolute atomic E-state index is 0.0502. The Morgan fingerprint density at radius 1 is 1.30 bits per heavy atom. The van der Waals surface area contributed by atoms with E-state index in [-0.39, 0.29) is 17.8 Å². The summed E-state index contributed by atoms with van der Waals surface area (Å²) in [5.41, 5.74) is 1.57. The number of carbonyl (C=O) groups is 1. The second-order valence-corrected chi connectivity index (χ2v) is 6.99. The van der Waals surface area contributed by atoms with Crippen molar-refractivity contribution in [2.45, 2.75) is 25.9 Å². The number of aromatic nitrogens is 1. The zero-order valence-corrected chi connectivity index (χ0v) is 15.8. The number of hydrogen-bond donors (Lipinski definition) is 1. The molecule has 144 valence electrons. The van der Waals surface area contributed by atoms with Crippen molar-refractivity contribution in [1.29, 1.82) is 0 Å². The van der Waals surface area contributed by atoms with Crippen LogP contribution in [0, 0.1) is 11.7 Å². The molecule has 1 aromatic carbocycles. The number of nitrogens with one attached hydrogen (secondary N) is 1. The summed E-state index contributed by atoms with van der Waals surface area (Å²) in [7, 11) is 0. The van der Waals surface area contributed by atoms with E-state index in [2.05, 4.69) is 10.3 Å². The van der Waals surface area contributed by atoms with Gasteiger partial charge in [-0.15, -0.1) is 0 Å². The predicted molar refractivity (Wildman–Crippen MR) is 101 cm³/mol. The molecule has 2 aromatic rings. The smallest absolute Gasteiger partial charge is 0.233 e. The summed E-state index contributed by atoms with van der Waals surface area (Å²) in [6.45, 7) is 3.06. The van der Waals surface area contributed by atoms with Crippen LogP contribution in [0.25, 0.3) is 11.1 Å². The molecule has 0 unspecified atom stereocenters. The fourth-order valence-electron chi connectivity index (χ4n) is 2.97. The predicted octanol–water partition coefficient (Wildman–Crippen LogP) is 3.85.